The second-order valence-electron chi connectivity index (χ2n) is 4.12. The molecule has 0 unspecified atom stereocenters. The van der Waals surface area contributed by atoms with Gasteiger partial charge in [-0.3, -0.25) is 4.79 Å². The van der Waals surface area contributed by atoms with Crippen molar-refractivity contribution in [2.75, 3.05) is 19.5 Å². The molecule has 0 bridgehead atoms. The fourth-order valence-corrected chi connectivity index (χ4v) is 2.40. The van der Waals surface area contributed by atoms with Crippen molar-refractivity contribution in [3.8, 4) is 5.75 Å². The summed E-state index contributed by atoms with van der Waals surface area (Å²) in [5.41, 5.74) is 7.14. The van der Waals surface area contributed by atoms with Crippen LogP contribution in [0.4, 0.5) is 5.69 Å². The number of anilines is 1. The van der Waals surface area contributed by atoms with Crippen molar-refractivity contribution in [1.82, 2.24) is 4.98 Å². The Morgan fingerprint density at radius 1 is 1.40 bits per heavy atom. The third-order valence-corrected chi connectivity index (χ3v) is 3.60. The summed E-state index contributed by atoms with van der Waals surface area (Å²) < 4.78 is 10.2. The number of carbonyl (C=O) groups is 1. The molecule has 5 nitrogen and oxygen atoms in total. The van der Waals surface area contributed by atoms with Gasteiger partial charge in [-0.25, -0.2) is 4.98 Å². The topological polar surface area (TPSA) is 74.4 Å². The van der Waals surface area contributed by atoms with Gasteiger partial charge in [0.15, 0.2) is 0 Å². The number of aromatic nitrogens is 1. The smallest absolute Gasteiger partial charge is 0.311 e. The maximum atomic E-state index is 11.1. The zero-order valence-corrected chi connectivity index (χ0v) is 12.0. The Morgan fingerprint density at radius 3 is 2.95 bits per heavy atom. The number of benzene rings is 1. The molecule has 0 radical (unpaired) electrons. The summed E-state index contributed by atoms with van der Waals surface area (Å²) in [6.45, 7) is 0.499. The third kappa shape index (κ3) is 3.96. The fraction of sp³-hybridized carbons (Fsp3) is 0.286. The number of methoxy groups -OCH3 is 1. The molecule has 1 aromatic carbocycles. The van der Waals surface area contributed by atoms with E-state index >= 15 is 0 Å². The van der Waals surface area contributed by atoms with Crippen LogP contribution >= 0.6 is 11.3 Å². The molecule has 1 heterocycles. The molecule has 1 aromatic heterocycles. The average molecular weight is 292 g/mol. The molecular formula is C14H16N2O3S. The minimum Gasteiger partial charge on any atom is -0.491 e. The van der Waals surface area contributed by atoms with E-state index in [1.54, 1.807) is 6.07 Å². The minimum absolute atomic E-state index is 0.208. The number of thiazole rings is 1. The van der Waals surface area contributed by atoms with Gasteiger partial charge in [-0.1, -0.05) is 12.1 Å². The molecule has 6 heteroatoms. The van der Waals surface area contributed by atoms with E-state index in [1.165, 1.54) is 18.4 Å². The minimum atomic E-state index is -0.282. The van der Waals surface area contributed by atoms with Gasteiger partial charge in [0.05, 0.1) is 36.5 Å². The first kappa shape index (κ1) is 14.3. The van der Waals surface area contributed by atoms with E-state index in [1.807, 2.05) is 23.6 Å². The van der Waals surface area contributed by atoms with Crippen molar-refractivity contribution >= 4 is 23.0 Å². The second-order valence-corrected chi connectivity index (χ2v) is 5.06. The number of esters is 1. The predicted molar refractivity (Wildman–Crippen MR) is 77.9 cm³/mol. The number of nitrogens with two attached hydrogens (primary N) is 1. The highest BCUT2D eigenvalue weighted by Gasteiger charge is 2.08. The van der Waals surface area contributed by atoms with Crippen molar-refractivity contribution in [1.29, 1.82) is 0 Å². The zero-order valence-electron chi connectivity index (χ0n) is 11.2. The first-order valence-corrected chi connectivity index (χ1v) is 7.04. The predicted octanol–water partition coefficient (Wildman–Crippen LogP) is 2.06. The number of nitrogens with zero attached hydrogens (tertiary/aromatic N) is 1. The van der Waals surface area contributed by atoms with Gasteiger partial charge in [-0.05, 0) is 12.1 Å². The van der Waals surface area contributed by atoms with Crippen molar-refractivity contribution in [2.24, 2.45) is 0 Å². The van der Waals surface area contributed by atoms with Gasteiger partial charge in [0, 0.05) is 11.8 Å². The molecule has 0 fully saturated rings. The second kappa shape index (κ2) is 6.91. The number of ether oxygens (including phenoxy) is 2. The van der Waals surface area contributed by atoms with Gasteiger partial charge in [-0.2, -0.15) is 0 Å². The summed E-state index contributed by atoms with van der Waals surface area (Å²) in [6, 6.07) is 7.37. The van der Waals surface area contributed by atoms with Crippen LogP contribution in [-0.2, 0) is 22.4 Å². The van der Waals surface area contributed by atoms with Gasteiger partial charge in [0.25, 0.3) is 0 Å². The van der Waals surface area contributed by atoms with E-state index in [4.69, 9.17) is 10.5 Å². The highest BCUT2D eigenvalue weighted by molar-refractivity contribution is 7.09. The number of hydrogen-bond donors (Lipinski definition) is 1. The van der Waals surface area contributed by atoms with Crippen LogP contribution in [0.15, 0.2) is 29.6 Å². The molecule has 2 aromatic rings. The summed E-state index contributed by atoms with van der Waals surface area (Å²) in [6.07, 6.45) is 0.889. The standard InChI is InChI=1S/C14H16N2O3S/c1-18-14(17)8-10-9-20-13(16-10)6-7-19-12-5-3-2-4-11(12)15/h2-5,9H,6-8,15H2,1H3. The molecule has 0 atom stereocenters. The Kier molecular flexibility index (Phi) is 4.95. The highest BCUT2D eigenvalue weighted by Crippen LogP contribution is 2.20. The maximum absolute atomic E-state index is 11.1. The van der Waals surface area contributed by atoms with E-state index in [0.717, 1.165) is 10.7 Å². The Balaban J connectivity index is 1.83. The first-order chi connectivity index (χ1) is 9.69. The number of para-hydroxylation sites is 2. The van der Waals surface area contributed by atoms with Gasteiger partial charge >= 0.3 is 5.97 Å². The fourth-order valence-electron chi connectivity index (χ4n) is 1.63. The van der Waals surface area contributed by atoms with E-state index in [0.29, 0.717) is 24.5 Å². The molecule has 2 N–H and O–H groups in total. The quantitative estimate of drug-likeness (QED) is 0.651. The SMILES string of the molecule is COC(=O)Cc1csc(CCOc2ccccc2N)n1. The molecule has 20 heavy (non-hydrogen) atoms. The van der Waals surface area contributed by atoms with Gasteiger partial charge in [0.1, 0.15) is 5.75 Å². The van der Waals surface area contributed by atoms with Crippen LogP contribution in [0.5, 0.6) is 5.75 Å². The van der Waals surface area contributed by atoms with E-state index in [9.17, 15) is 4.79 Å². The molecule has 0 aliphatic carbocycles. The third-order valence-electron chi connectivity index (χ3n) is 2.64. The number of hydrogen-bond acceptors (Lipinski definition) is 6. The molecule has 0 amide bonds. The molecule has 2 rings (SSSR count). The summed E-state index contributed by atoms with van der Waals surface area (Å²) >= 11 is 1.51. The molecule has 106 valence electrons. The van der Waals surface area contributed by atoms with Crippen molar-refractivity contribution < 1.29 is 14.3 Å². The highest BCUT2D eigenvalue weighted by atomic mass is 32.1. The molecular weight excluding hydrogens is 276 g/mol. The van der Waals surface area contributed by atoms with E-state index in [-0.39, 0.29) is 12.4 Å². The van der Waals surface area contributed by atoms with Gasteiger partial charge in [-0.15, -0.1) is 11.3 Å². The summed E-state index contributed by atoms with van der Waals surface area (Å²) in [4.78, 5) is 15.5. The lowest BCUT2D eigenvalue weighted by Gasteiger charge is -2.07. The largest absolute Gasteiger partial charge is 0.491 e. The van der Waals surface area contributed by atoms with E-state index < -0.39 is 0 Å². The lowest BCUT2D eigenvalue weighted by atomic mass is 10.3. The number of nitrogen functional groups attached to an aromatic ring is 1. The zero-order chi connectivity index (χ0) is 14.4. The van der Waals surface area contributed by atoms with Crippen LogP contribution in [0.25, 0.3) is 0 Å². The van der Waals surface area contributed by atoms with Crippen LogP contribution in [0.3, 0.4) is 0 Å². The van der Waals surface area contributed by atoms with Crippen LogP contribution in [0.1, 0.15) is 10.7 Å². The molecule has 0 aliphatic rings. The summed E-state index contributed by atoms with van der Waals surface area (Å²) in [7, 11) is 1.37. The molecule has 0 saturated heterocycles. The van der Waals surface area contributed by atoms with Crippen LogP contribution in [0, 0.1) is 0 Å². The van der Waals surface area contributed by atoms with Crippen LogP contribution in [0.2, 0.25) is 0 Å². The summed E-state index contributed by atoms with van der Waals surface area (Å²) in [5.74, 6) is 0.397. The Hall–Kier alpha value is -2.08. The lowest BCUT2D eigenvalue weighted by Crippen LogP contribution is -2.06. The average Bonchev–Trinajstić information content (AvgIpc) is 2.88. The van der Waals surface area contributed by atoms with Gasteiger partial charge < -0.3 is 15.2 Å². The van der Waals surface area contributed by atoms with Gasteiger partial charge in [0.2, 0.25) is 0 Å². The Labute approximate surface area is 121 Å². The van der Waals surface area contributed by atoms with E-state index in [2.05, 4.69) is 9.72 Å². The monoisotopic (exact) mass is 292 g/mol. The first-order valence-electron chi connectivity index (χ1n) is 6.16. The summed E-state index contributed by atoms with van der Waals surface area (Å²) in [5, 5.41) is 2.79. The molecule has 0 spiro atoms. The number of rotatable bonds is 6. The molecule has 0 saturated carbocycles. The normalized spacial score (nSPS) is 10.2. The number of carbonyl (C=O) groups excluding carboxylic acids is 1. The van der Waals surface area contributed by atoms with Crippen molar-refractivity contribution in [3.05, 3.63) is 40.3 Å². The van der Waals surface area contributed by atoms with Crippen LogP contribution < -0.4 is 10.5 Å². The van der Waals surface area contributed by atoms with Crippen LogP contribution in [-0.4, -0.2) is 24.7 Å². The Bertz CT molecular complexity index is 583. The maximum Gasteiger partial charge on any atom is 0.311 e. The van der Waals surface area contributed by atoms with Crippen molar-refractivity contribution in [3.63, 3.8) is 0 Å². The Morgan fingerprint density at radius 2 is 2.20 bits per heavy atom. The van der Waals surface area contributed by atoms with Crippen molar-refractivity contribution in [2.45, 2.75) is 12.8 Å². The lowest BCUT2D eigenvalue weighted by molar-refractivity contribution is -0.139. The molecule has 0 aliphatic heterocycles.